The molecular formula is C13H15BrF3NO2. The second-order valence-corrected chi connectivity index (χ2v) is 5.57. The zero-order valence-corrected chi connectivity index (χ0v) is 12.4. The maximum atomic E-state index is 12.1. The van der Waals surface area contributed by atoms with Crippen LogP contribution in [0.25, 0.3) is 0 Å². The Hall–Kier alpha value is -0.790. The van der Waals surface area contributed by atoms with Crippen molar-refractivity contribution in [3.05, 3.63) is 28.2 Å². The molecule has 1 aromatic carbocycles. The minimum Gasteiger partial charge on any atom is -0.405 e. The molecule has 0 aliphatic heterocycles. The number of benzene rings is 1. The van der Waals surface area contributed by atoms with Crippen LogP contribution in [0.1, 0.15) is 18.4 Å². The molecular weight excluding hydrogens is 339 g/mol. The molecule has 0 bridgehead atoms. The average molecular weight is 354 g/mol. The molecule has 1 saturated carbocycles. The lowest BCUT2D eigenvalue weighted by atomic mass is 9.89. The summed E-state index contributed by atoms with van der Waals surface area (Å²) in [7, 11) is 1.69. The number of hydrogen-bond acceptors (Lipinski definition) is 3. The van der Waals surface area contributed by atoms with E-state index in [0.29, 0.717) is 18.7 Å². The van der Waals surface area contributed by atoms with Gasteiger partial charge in [-0.25, -0.2) is 0 Å². The first kappa shape index (κ1) is 15.6. The zero-order valence-electron chi connectivity index (χ0n) is 10.8. The molecule has 112 valence electrons. The molecule has 0 saturated heterocycles. The molecule has 1 N–H and O–H groups in total. The van der Waals surface area contributed by atoms with E-state index in [1.54, 1.807) is 19.2 Å². The van der Waals surface area contributed by atoms with Gasteiger partial charge >= 0.3 is 6.36 Å². The van der Waals surface area contributed by atoms with E-state index < -0.39 is 6.36 Å². The Bertz CT molecular complexity index is 461. The third kappa shape index (κ3) is 4.36. The lowest BCUT2D eigenvalue weighted by Crippen LogP contribution is -2.44. The Morgan fingerprint density at radius 1 is 1.35 bits per heavy atom. The molecule has 1 aliphatic carbocycles. The van der Waals surface area contributed by atoms with Crippen LogP contribution in [0, 0.1) is 0 Å². The van der Waals surface area contributed by atoms with Crippen molar-refractivity contribution < 1.29 is 22.6 Å². The maximum absolute atomic E-state index is 12.1. The van der Waals surface area contributed by atoms with Gasteiger partial charge < -0.3 is 14.8 Å². The number of nitrogens with one attached hydrogen (secondary N) is 1. The molecule has 0 heterocycles. The third-order valence-electron chi connectivity index (χ3n) is 3.24. The molecule has 0 radical (unpaired) electrons. The van der Waals surface area contributed by atoms with Crippen molar-refractivity contribution in [2.75, 3.05) is 7.11 Å². The minimum atomic E-state index is -4.68. The highest BCUT2D eigenvalue weighted by Crippen LogP contribution is 2.31. The van der Waals surface area contributed by atoms with Gasteiger partial charge in [0.05, 0.1) is 10.6 Å². The van der Waals surface area contributed by atoms with Crippen LogP contribution in [0.3, 0.4) is 0 Å². The SMILES string of the molecule is COC1CC(NCc2ccc(OC(F)(F)F)c(Br)c2)C1. The molecule has 20 heavy (non-hydrogen) atoms. The van der Waals surface area contributed by atoms with E-state index in [4.69, 9.17) is 4.74 Å². The molecule has 1 fully saturated rings. The minimum absolute atomic E-state index is 0.232. The number of halogens is 4. The smallest absolute Gasteiger partial charge is 0.405 e. The normalized spacial score (nSPS) is 22.4. The second kappa shape index (κ2) is 6.32. The average Bonchev–Trinajstić information content (AvgIpc) is 2.29. The van der Waals surface area contributed by atoms with Crippen molar-refractivity contribution in [2.24, 2.45) is 0 Å². The Kier molecular flexibility index (Phi) is 4.93. The first-order valence-electron chi connectivity index (χ1n) is 6.17. The number of methoxy groups -OCH3 is 1. The van der Waals surface area contributed by atoms with E-state index >= 15 is 0 Å². The van der Waals surface area contributed by atoms with Gasteiger partial charge in [-0.2, -0.15) is 0 Å². The first-order valence-corrected chi connectivity index (χ1v) is 6.97. The molecule has 0 amide bonds. The fourth-order valence-corrected chi connectivity index (χ4v) is 2.56. The van der Waals surface area contributed by atoms with Crippen molar-refractivity contribution in [3.63, 3.8) is 0 Å². The Morgan fingerprint density at radius 2 is 2.05 bits per heavy atom. The van der Waals surface area contributed by atoms with E-state index in [0.717, 1.165) is 18.4 Å². The molecule has 1 aliphatic rings. The zero-order chi connectivity index (χ0) is 14.8. The first-order chi connectivity index (χ1) is 9.37. The Labute approximate surface area is 123 Å². The predicted molar refractivity (Wildman–Crippen MR) is 71.5 cm³/mol. The van der Waals surface area contributed by atoms with Gasteiger partial charge in [0.2, 0.25) is 0 Å². The van der Waals surface area contributed by atoms with Crippen molar-refractivity contribution in [2.45, 2.75) is 37.9 Å². The number of alkyl halides is 3. The van der Waals surface area contributed by atoms with Crippen LogP contribution >= 0.6 is 15.9 Å². The Morgan fingerprint density at radius 3 is 2.60 bits per heavy atom. The summed E-state index contributed by atoms with van der Waals surface area (Å²) in [5.74, 6) is -0.232. The molecule has 1 aromatic rings. The van der Waals surface area contributed by atoms with Crippen LogP contribution in [-0.4, -0.2) is 25.6 Å². The van der Waals surface area contributed by atoms with E-state index in [-0.39, 0.29) is 10.2 Å². The van der Waals surface area contributed by atoms with Gasteiger partial charge in [-0.05, 0) is 46.5 Å². The second-order valence-electron chi connectivity index (χ2n) is 4.72. The highest BCUT2D eigenvalue weighted by atomic mass is 79.9. The molecule has 0 unspecified atom stereocenters. The predicted octanol–water partition coefficient (Wildman–Crippen LogP) is 3.61. The fraction of sp³-hybridized carbons (Fsp3) is 0.538. The van der Waals surface area contributed by atoms with Crippen LogP contribution in [0.15, 0.2) is 22.7 Å². The quantitative estimate of drug-likeness (QED) is 0.876. The van der Waals surface area contributed by atoms with Gasteiger partial charge in [0.1, 0.15) is 5.75 Å². The Balaban J connectivity index is 1.86. The summed E-state index contributed by atoms with van der Waals surface area (Å²) in [6, 6.07) is 4.96. The summed E-state index contributed by atoms with van der Waals surface area (Å²) in [6.07, 6.45) is -2.43. The molecule has 0 spiro atoms. The standard InChI is InChI=1S/C13H15BrF3NO2/c1-19-10-5-9(6-10)18-7-8-2-3-12(11(14)4-8)20-13(15,16)17/h2-4,9-10,18H,5-7H2,1H3. The van der Waals surface area contributed by atoms with E-state index in [9.17, 15) is 13.2 Å². The highest BCUT2D eigenvalue weighted by Gasteiger charge is 2.32. The van der Waals surface area contributed by atoms with Gasteiger partial charge in [-0.3, -0.25) is 0 Å². The molecule has 2 rings (SSSR count). The van der Waals surface area contributed by atoms with Crippen LogP contribution in [0.4, 0.5) is 13.2 Å². The molecule has 0 aromatic heterocycles. The number of rotatable bonds is 5. The topological polar surface area (TPSA) is 30.5 Å². The van der Waals surface area contributed by atoms with Crippen LogP contribution in [-0.2, 0) is 11.3 Å². The third-order valence-corrected chi connectivity index (χ3v) is 3.86. The van der Waals surface area contributed by atoms with Crippen LogP contribution in [0.2, 0.25) is 0 Å². The summed E-state index contributed by atoms with van der Waals surface area (Å²) in [4.78, 5) is 0. The summed E-state index contributed by atoms with van der Waals surface area (Å²) >= 11 is 3.09. The summed E-state index contributed by atoms with van der Waals surface area (Å²) in [6.45, 7) is 0.603. The number of ether oxygens (including phenoxy) is 2. The van der Waals surface area contributed by atoms with E-state index in [1.807, 2.05) is 0 Å². The monoisotopic (exact) mass is 353 g/mol. The van der Waals surface area contributed by atoms with E-state index in [2.05, 4.69) is 26.0 Å². The van der Waals surface area contributed by atoms with E-state index in [1.165, 1.54) is 6.07 Å². The number of hydrogen-bond donors (Lipinski definition) is 1. The van der Waals surface area contributed by atoms with Crippen molar-refractivity contribution >= 4 is 15.9 Å². The van der Waals surface area contributed by atoms with Crippen LogP contribution in [0.5, 0.6) is 5.75 Å². The van der Waals surface area contributed by atoms with Gasteiger partial charge in [0, 0.05) is 19.7 Å². The fourth-order valence-electron chi connectivity index (χ4n) is 2.05. The highest BCUT2D eigenvalue weighted by molar-refractivity contribution is 9.10. The summed E-state index contributed by atoms with van der Waals surface area (Å²) in [5.41, 5.74) is 0.896. The van der Waals surface area contributed by atoms with Gasteiger partial charge in [0.25, 0.3) is 0 Å². The van der Waals surface area contributed by atoms with Gasteiger partial charge in [-0.1, -0.05) is 6.07 Å². The molecule has 0 atom stereocenters. The summed E-state index contributed by atoms with van der Waals surface area (Å²) in [5, 5.41) is 3.33. The lowest BCUT2D eigenvalue weighted by Gasteiger charge is -2.34. The lowest BCUT2D eigenvalue weighted by molar-refractivity contribution is -0.274. The van der Waals surface area contributed by atoms with Crippen molar-refractivity contribution in [1.29, 1.82) is 0 Å². The summed E-state index contributed by atoms with van der Waals surface area (Å²) < 4.78 is 45.8. The maximum Gasteiger partial charge on any atom is 0.573 e. The van der Waals surface area contributed by atoms with Crippen LogP contribution < -0.4 is 10.1 Å². The van der Waals surface area contributed by atoms with Crippen molar-refractivity contribution in [3.8, 4) is 5.75 Å². The van der Waals surface area contributed by atoms with Crippen molar-refractivity contribution in [1.82, 2.24) is 5.32 Å². The molecule has 7 heteroatoms. The van der Waals surface area contributed by atoms with Gasteiger partial charge in [-0.15, -0.1) is 13.2 Å². The molecule has 3 nitrogen and oxygen atoms in total. The largest absolute Gasteiger partial charge is 0.573 e. The van der Waals surface area contributed by atoms with Gasteiger partial charge in [0.15, 0.2) is 0 Å².